The summed E-state index contributed by atoms with van der Waals surface area (Å²) in [5, 5.41) is 0. The summed E-state index contributed by atoms with van der Waals surface area (Å²) >= 11 is 0. The quantitative estimate of drug-likeness (QED) is 0.647. The number of fused-ring (bicyclic) bond motifs is 1. The highest BCUT2D eigenvalue weighted by Gasteiger charge is 2.15. The van der Waals surface area contributed by atoms with Crippen LogP contribution in [0, 0.1) is 13.8 Å². The molecule has 1 nitrogen and oxygen atoms in total. The number of ketones is 1. The number of hydrogen-bond donors (Lipinski definition) is 0. The minimum atomic E-state index is 0.385. The van der Waals surface area contributed by atoms with Gasteiger partial charge in [-0.1, -0.05) is 32.4 Å². The van der Waals surface area contributed by atoms with E-state index >= 15 is 0 Å². The number of aryl methyl sites for hydroxylation is 3. The summed E-state index contributed by atoms with van der Waals surface area (Å²) in [5.41, 5.74) is 5.27. The second kappa shape index (κ2) is 5.83. The zero-order valence-electron chi connectivity index (χ0n) is 10.9. The predicted octanol–water partition coefficient (Wildman–Crippen LogP) is 3.78. The van der Waals surface area contributed by atoms with Gasteiger partial charge in [-0.15, -0.1) is 0 Å². The van der Waals surface area contributed by atoms with Gasteiger partial charge in [-0.3, -0.25) is 4.79 Å². The lowest BCUT2D eigenvalue weighted by Gasteiger charge is -2.16. The molecule has 0 fully saturated rings. The molecule has 0 heterocycles. The fourth-order valence-electron chi connectivity index (χ4n) is 1.91. The summed E-state index contributed by atoms with van der Waals surface area (Å²) in [4.78, 5) is 11.2. The maximum atomic E-state index is 11.2. The maximum absolute atomic E-state index is 11.2. The standard InChI is InChI=1S/C12H14O.C3H8/c1-8-5-10-3-4-12(13)7-11(10)6-9(8)2;1-3-2/h5-6H,3-4,7H2,1-2H3;3H2,1-2H3. The molecule has 0 amide bonds. The molecular formula is C15H22O. The first-order valence-electron chi connectivity index (χ1n) is 6.19. The van der Waals surface area contributed by atoms with Crippen LogP contribution >= 0.6 is 0 Å². The molecule has 0 saturated heterocycles. The third-order valence-electron chi connectivity index (χ3n) is 2.88. The summed E-state index contributed by atoms with van der Waals surface area (Å²) in [6.45, 7) is 8.49. The van der Waals surface area contributed by atoms with Crippen LogP contribution in [0.5, 0.6) is 0 Å². The zero-order chi connectivity index (χ0) is 12.1. The van der Waals surface area contributed by atoms with Gasteiger partial charge >= 0.3 is 0 Å². The van der Waals surface area contributed by atoms with Crippen LogP contribution in [0.2, 0.25) is 0 Å². The third-order valence-corrected chi connectivity index (χ3v) is 2.88. The van der Waals surface area contributed by atoms with E-state index in [2.05, 4.69) is 39.8 Å². The number of Topliss-reactive ketones (excluding diaryl/α,β-unsaturated/α-hetero) is 1. The van der Waals surface area contributed by atoms with Crippen molar-refractivity contribution in [1.82, 2.24) is 0 Å². The van der Waals surface area contributed by atoms with Crippen LogP contribution in [0.3, 0.4) is 0 Å². The Kier molecular flexibility index (Phi) is 4.72. The van der Waals surface area contributed by atoms with Crippen LogP contribution in [-0.2, 0) is 17.6 Å². The largest absolute Gasteiger partial charge is 0.299 e. The van der Waals surface area contributed by atoms with Gasteiger partial charge in [0.1, 0.15) is 5.78 Å². The van der Waals surface area contributed by atoms with Gasteiger partial charge in [-0.2, -0.15) is 0 Å². The normalized spacial score (nSPS) is 13.9. The van der Waals surface area contributed by atoms with Crippen molar-refractivity contribution in [2.24, 2.45) is 0 Å². The van der Waals surface area contributed by atoms with Crippen LogP contribution in [0.25, 0.3) is 0 Å². The first kappa shape index (κ1) is 13.0. The van der Waals surface area contributed by atoms with Crippen LogP contribution in [0.15, 0.2) is 12.1 Å². The van der Waals surface area contributed by atoms with Crippen molar-refractivity contribution in [1.29, 1.82) is 0 Å². The Morgan fingerprint density at radius 3 is 2.06 bits per heavy atom. The molecule has 1 aliphatic carbocycles. The lowest BCUT2D eigenvalue weighted by atomic mass is 9.88. The molecule has 0 atom stereocenters. The fraction of sp³-hybridized carbons (Fsp3) is 0.533. The Labute approximate surface area is 98.9 Å². The molecule has 0 aliphatic heterocycles. The second-order valence-corrected chi connectivity index (χ2v) is 4.63. The van der Waals surface area contributed by atoms with Crippen molar-refractivity contribution in [3.8, 4) is 0 Å². The highest BCUT2D eigenvalue weighted by atomic mass is 16.1. The number of carbonyl (C=O) groups excluding carboxylic acids is 1. The van der Waals surface area contributed by atoms with E-state index in [0.717, 1.165) is 12.8 Å². The van der Waals surface area contributed by atoms with Gasteiger partial charge in [-0.05, 0) is 42.5 Å². The summed E-state index contributed by atoms with van der Waals surface area (Å²) in [7, 11) is 0. The maximum Gasteiger partial charge on any atom is 0.137 e. The zero-order valence-corrected chi connectivity index (χ0v) is 10.9. The molecule has 0 saturated carbocycles. The van der Waals surface area contributed by atoms with E-state index in [0.29, 0.717) is 12.2 Å². The monoisotopic (exact) mass is 218 g/mol. The molecule has 0 N–H and O–H groups in total. The van der Waals surface area contributed by atoms with E-state index in [1.165, 1.54) is 28.7 Å². The van der Waals surface area contributed by atoms with Gasteiger partial charge in [0.05, 0.1) is 0 Å². The van der Waals surface area contributed by atoms with Gasteiger partial charge < -0.3 is 0 Å². The fourth-order valence-corrected chi connectivity index (χ4v) is 1.91. The van der Waals surface area contributed by atoms with E-state index in [9.17, 15) is 4.79 Å². The molecule has 1 heteroatoms. The molecule has 1 aliphatic rings. The number of carbonyl (C=O) groups is 1. The van der Waals surface area contributed by atoms with Crippen molar-refractivity contribution in [2.75, 3.05) is 0 Å². The molecule has 0 radical (unpaired) electrons. The molecule has 88 valence electrons. The SMILES string of the molecule is CCC.Cc1cc2c(cc1C)CC(=O)CC2. The molecule has 0 aromatic heterocycles. The molecule has 16 heavy (non-hydrogen) atoms. The average Bonchev–Trinajstić information content (AvgIpc) is 2.21. The molecule has 0 unspecified atom stereocenters. The number of hydrogen-bond acceptors (Lipinski definition) is 1. The first-order chi connectivity index (χ1) is 7.58. The van der Waals surface area contributed by atoms with Gasteiger partial charge in [0.2, 0.25) is 0 Å². The highest BCUT2D eigenvalue weighted by molar-refractivity contribution is 5.83. The lowest BCUT2D eigenvalue weighted by Crippen LogP contribution is -2.13. The Bertz CT molecular complexity index is 377. The van der Waals surface area contributed by atoms with E-state index < -0.39 is 0 Å². The molecule has 1 aromatic carbocycles. The minimum Gasteiger partial charge on any atom is -0.299 e. The van der Waals surface area contributed by atoms with Crippen LogP contribution in [0.4, 0.5) is 0 Å². The van der Waals surface area contributed by atoms with Gasteiger partial charge in [-0.25, -0.2) is 0 Å². The van der Waals surface area contributed by atoms with E-state index in [1.807, 2.05) is 0 Å². The summed E-state index contributed by atoms with van der Waals surface area (Å²) < 4.78 is 0. The van der Waals surface area contributed by atoms with Crippen molar-refractivity contribution < 1.29 is 4.79 Å². The highest BCUT2D eigenvalue weighted by Crippen LogP contribution is 2.22. The second-order valence-electron chi connectivity index (χ2n) is 4.63. The van der Waals surface area contributed by atoms with Crippen molar-refractivity contribution in [3.63, 3.8) is 0 Å². The first-order valence-corrected chi connectivity index (χ1v) is 6.19. The van der Waals surface area contributed by atoms with Crippen LogP contribution < -0.4 is 0 Å². The molecule has 0 spiro atoms. The molecule has 0 bridgehead atoms. The van der Waals surface area contributed by atoms with Crippen molar-refractivity contribution in [3.05, 3.63) is 34.4 Å². The average molecular weight is 218 g/mol. The summed E-state index contributed by atoms with van der Waals surface area (Å²) in [6, 6.07) is 4.40. The van der Waals surface area contributed by atoms with Gasteiger partial charge in [0, 0.05) is 12.8 Å². The van der Waals surface area contributed by atoms with Crippen LogP contribution in [0.1, 0.15) is 48.9 Å². The molecule has 2 rings (SSSR count). The van der Waals surface area contributed by atoms with E-state index in [-0.39, 0.29) is 0 Å². The Balaban J connectivity index is 0.000000386. The van der Waals surface area contributed by atoms with E-state index in [1.54, 1.807) is 0 Å². The Morgan fingerprint density at radius 1 is 1.00 bits per heavy atom. The number of benzene rings is 1. The smallest absolute Gasteiger partial charge is 0.137 e. The topological polar surface area (TPSA) is 17.1 Å². The van der Waals surface area contributed by atoms with Crippen molar-refractivity contribution >= 4 is 5.78 Å². The van der Waals surface area contributed by atoms with Gasteiger partial charge in [0.25, 0.3) is 0 Å². The van der Waals surface area contributed by atoms with E-state index in [4.69, 9.17) is 0 Å². The summed E-state index contributed by atoms with van der Waals surface area (Å²) in [6.07, 6.45) is 3.57. The third kappa shape index (κ3) is 3.19. The number of rotatable bonds is 0. The molecule has 1 aromatic rings. The van der Waals surface area contributed by atoms with Gasteiger partial charge in [0.15, 0.2) is 0 Å². The Morgan fingerprint density at radius 2 is 1.50 bits per heavy atom. The predicted molar refractivity (Wildman–Crippen MR) is 68.9 cm³/mol. The summed E-state index contributed by atoms with van der Waals surface area (Å²) in [5.74, 6) is 0.385. The minimum absolute atomic E-state index is 0.385. The lowest BCUT2D eigenvalue weighted by molar-refractivity contribution is -0.118. The molecular weight excluding hydrogens is 196 g/mol. The van der Waals surface area contributed by atoms with Crippen molar-refractivity contribution in [2.45, 2.75) is 53.4 Å². The Hall–Kier alpha value is -1.11. The van der Waals surface area contributed by atoms with Crippen LogP contribution in [-0.4, -0.2) is 5.78 Å².